The van der Waals surface area contributed by atoms with Crippen LogP contribution >= 0.6 is 0 Å². The summed E-state index contributed by atoms with van der Waals surface area (Å²) in [4.78, 5) is 33.5. The highest BCUT2D eigenvalue weighted by atomic mass is 16.6. The number of carbonyl (C=O) groups excluding carboxylic acids is 2. The van der Waals surface area contributed by atoms with E-state index in [1.165, 1.54) is 24.3 Å². The summed E-state index contributed by atoms with van der Waals surface area (Å²) in [6, 6.07) is 12.2. The Morgan fingerprint density at radius 2 is 1.50 bits per heavy atom. The van der Waals surface area contributed by atoms with Gasteiger partial charge in [0.05, 0.1) is 4.92 Å². The fourth-order valence-electron chi connectivity index (χ4n) is 2.10. The SMILES string of the molecule is CCCC(=O)Nc1ccc(NC(=O)COc2ccc([N+](=O)[O-])cc2)cc1. The van der Waals surface area contributed by atoms with E-state index in [1.54, 1.807) is 24.3 Å². The second-order valence-corrected chi connectivity index (χ2v) is 5.46. The third-order valence-corrected chi connectivity index (χ3v) is 3.35. The molecule has 0 aromatic heterocycles. The number of hydrogen-bond donors (Lipinski definition) is 2. The van der Waals surface area contributed by atoms with Gasteiger partial charge in [-0.3, -0.25) is 19.7 Å². The molecule has 0 aliphatic rings. The molecule has 8 nitrogen and oxygen atoms in total. The lowest BCUT2D eigenvalue weighted by Gasteiger charge is -2.09. The highest BCUT2D eigenvalue weighted by Gasteiger charge is 2.07. The largest absolute Gasteiger partial charge is 0.484 e. The van der Waals surface area contributed by atoms with Crippen LogP contribution in [-0.2, 0) is 9.59 Å². The summed E-state index contributed by atoms with van der Waals surface area (Å²) >= 11 is 0. The summed E-state index contributed by atoms with van der Waals surface area (Å²) in [5.41, 5.74) is 1.17. The maximum Gasteiger partial charge on any atom is 0.269 e. The number of carbonyl (C=O) groups is 2. The van der Waals surface area contributed by atoms with Gasteiger partial charge in [-0.2, -0.15) is 0 Å². The van der Waals surface area contributed by atoms with Crippen molar-refractivity contribution in [2.45, 2.75) is 19.8 Å². The average Bonchev–Trinajstić information content (AvgIpc) is 2.62. The minimum absolute atomic E-state index is 0.0482. The molecule has 0 bridgehead atoms. The van der Waals surface area contributed by atoms with Crippen LogP contribution in [0.4, 0.5) is 17.1 Å². The number of hydrogen-bond acceptors (Lipinski definition) is 5. The Bertz CT molecular complexity index is 772. The smallest absolute Gasteiger partial charge is 0.269 e. The molecule has 0 aliphatic heterocycles. The number of non-ortho nitro benzene ring substituents is 1. The number of nitrogens with zero attached hydrogens (tertiary/aromatic N) is 1. The van der Waals surface area contributed by atoms with Crippen LogP contribution < -0.4 is 15.4 Å². The first-order valence-corrected chi connectivity index (χ1v) is 8.05. The number of ether oxygens (including phenoxy) is 1. The molecular weight excluding hydrogens is 338 g/mol. The summed E-state index contributed by atoms with van der Waals surface area (Å²) < 4.78 is 5.29. The molecule has 8 heteroatoms. The lowest BCUT2D eigenvalue weighted by Crippen LogP contribution is -2.20. The van der Waals surface area contributed by atoms with Gasteiger partial charge in [-0.25, -0.2) is 0 Å². The van der Waals surface area contributed by atoms with Gasteiger partial charge >= 0.3 is 0 Å². The van der Waals surface area contributed by atoms with E-state index in [0.29, 0.717) is 23.5 Å². The van der Waals surface area contributed by atoms with Crippen molar-refractivity contribution >= 4 is 28.9 Å². The number of nitro benzene ring substituents is 1. The molecule has 0 fully saturated rings. The third kappa shape index (κ3) is 5.90. The lowest BCUT2D eigenvalue weighted by molar-refractivity contribution is -0.384. The quantitative estimate of drug-likeness (QED) is 0.556. The third-order valence-electron chi connectivity index (χ3n) is 3.35. The predicted octanol–water partition coefficient (Wildman–Crippen LogP) is 3.35. The Hall–Kier alpha value is -3.42. The molecule has 0 radical (unpaired) electrons. The Labute approximate surface area is 150 Å². The first-order chi connectivity index (χ1) is 12.5. The number of nitrogens with one attached hydrogen (secondary N) is 2. The average molecular weight is 357 g/mol. The zero-order valence-corrected chi connectivity index (χ0v) is 14.2. The summed E-state index contributed by atoms with van der Waals surface area (Å²) in [6.07, 6.45) is 1.23. The molecule has 2 amide bonds. The highest BCUT2D eigenvalue weighted by Crippen LogP contribution is 2.17. The van der Waals surface area contributed by atoms with E-state index in [2.05, 4.69) is 10.6 Å². The molecule has 0 heterocycles. The fourth-order valence-corrected chi connectivity index (χ4v) is 2.10. The van der Waals surface area contributed by atoms with E-state index in [-0.39, 0.29) is 24.1 Å². The first-order valence-electron chi connectivity index (χ1n) is 8.05. The Balaban J connectivity index is 1.81. The van der Waals surface area contributed by atoms with E-state index >= 15 is 0 Å². The summed E-state index contributed by atoms with van der Waals surface area (Å²) in [7, 11) is 0. The van der Waals surface area contributed by atoms with Gasteiger partial charge in [-0.05, 0) is 42.8 Å². The molecule has 0 unspecified atom stereocenters. The van der Waals surface area contributed by atoms with Gasteiger partial charge < -0.3 is 15.4 Å². The number of amides is 2. The van der Waals surface area contributed by atoms with E-state index in [1.807, 2.05) is 6.92 Å². The second-order valence-electron chi connectivity index (χ2n) is 5.46. The van der Waals surface area contributed by atoms with Crippen molar-refractivity contribution in [3.8, 4) is 5.75 Å². The van der Waals surface area contributed by atoms with Crippen molar-refractivity contribution in [1.29, 1.82) is 0 Å². The highest BCUT2D eigenvalue weighted by molar-refractivity contribution is 5.93. The first kappa shape index (κ1) is 18.9. The number of rotatable bonds is 8. The molecule has 26 heavy (non-hydrogen) atoms. The molecule has 0 saturated heterocycles. The van der Waals surface area contributed by atoms with Crippen molar-refractivity contribution in [2.75, 3.05) is 17.2 Å². The van der Waals surface area contributed by atoms with Crippen LogP contribution in [0.5, 0.6) is 5.75 Å². The van der Waals surface area contributed by atoms with E-state index in [0.717, 1.165) is 6.42 Å². The van der Waals surface area contributed by atoms with Gasteiger partial charge in [0.2, 0.25) is 5.91 Å². The normalized spacial score (nSPS) is 10.0. The Morgan fingerprint density at radius 1 is 0.962 bits per heavy atom. The topological polar surface area (TPSA) is 111 Å². The molecule has 2 aromatic carbocycles. The fraction of sp³-hybridized carbons (Fsp3) is 0.222. The molecule has 0 atom stereocenters. The monoisotopic (exact) mass is 357 g/mol. The van der Waals surface area contributed by atoms with Gasteiger partial charge in [-0.1, -0.05) is 6.92 Å². The van der Waals surface area contributed by atoms with Gasteiger partial charge in [-0.15, -0.1) is 0 Å². The number of anilines is 2. The van der Waals surface area contributed by atoms with Gasteiger partial charge in [0.25, 0.3) is 11.6 Å². The Kier molecular flexibility index (Phi) is 6.67. The maximum atomic E-state index is 11.9. The Morgan fingerprint density at radius 3 is 2.00 bits per heavy atom. The minimum Gasteiger partial charge on any atom is -0.484 e. The van der Waals surface area contributed by atoms with Crippen molar-refractivity contribution in [3.05, 3.63) is 58.6 Å². The van der Waals surface area contributed by atoms with Crippen molar-refractivity contribution in [3.63, 3.8) is 0 Å². The van der Waals surface area contributed by atoms with Crippen LogP contribution in [0, 0.1) is 10.1 Å². The summed E-state index contributed by atoms with van der Waals surface area (Å²) in [5, 5.41) is 16.0. The zero-order valence-electron chi connectivity index (χ0n) is 14.2. The van der Waals surface area contributed by atoms with Crippen LogP contribution in [0.15, 0.2) is 48.5 Å². The standard InChI is InChI=1S/C18H19N3O5/c1-2-3-17(22)19-13-4-6-14(7-5-13)20-18(23)12-26-16-10-8-15(9-11-16)21(24)25/h4-11H,2-3,12H2,1H3,(H,19,22)(H,20,23). The van der Waals surface area contributed by atoms with Crippen LogP contribution in [0.2, 0.25) is 0 Å². The van der Waals surface area contributed by atoms with Gasteiger partial charge in [0.15, 0.2) is 6.61 Å². The van der Waals surface area contributed by atoms with Gasteiger partial charge in [0, 0.05) is 29.9 Å². The molecule has 2 N–H and O–H groups in total. The van der Waals surface area contributed by atoms with Gasteiger partial charge in [0.1, 0.15) is 5.75 Å². The molecular formula is C18H19N3O5. The van der Waals surface area contributed by atoms with E-state index < -0.39 is 4.92 Å². The molecule has 136 valence electrons. The molecule has 2 aromatic rings. The van der Waals surface area contributed by atoms with E-state index in [9.17, 15) is 19.7 Å². The maximum absolute atomic E-state index is 11.9. The summed E-state index contributed by atoms with van der Waals surface area (Å²) in [5.74, 6) is -0.0633. The number of benzene rings is 2. The van der Waals surface area contributed by atoms with E-state index in [4.69, 9.17) is 4.74 Å². The number of nitro groups is 1. The zero-order chi connectivity index (χ0) is 18.9. The second kappa shape index (κ2) is 9.16. The molecule has 0 aliphatic carbocycles. The van der Waals surface area contributed by atoms with Crippen molar-refractivity contribution in [1.82, 2.24) is 0 Å². The van der Waals surface area contributed by atoms with Crippen LogP contribution in [0.3, 0.4) is 0 Å². The van der Waals surface area contributed by atoms with Crippen LogP contribution in [-0.4, -0.2) is 23.3 Å². The molecule has 0 saturated carbocycles. The van der Waals surface area contributed by atoms with Crippen molar-refractivity contribution in [2.24, 2.45) is 0 Å². The minimum atomic E-state index is -0.509. The molecule has 2 rings (SSSR count). The molecule has 0 spiro atoms. The van der Waals surface area contributed by atoms with Crippen molar-refractivity contribution < 1.29 is 19.2 Å². The predicted molar refractivity (Wildman–Crippen MR) is 97.2 cm³/mol. The van der Waals surface area contributed by atoms with Crippen LogP contribution in [0.25, 0.3) is 0 Å². The van der Waals surface area contributed by atoms with Crippen LogP contribution in [0.1, 0.15) is 19.8 Å². The summed E-state index contributed by atoms with van der Waals surface area (Å²) in [6.45, 7) is 1.70. The lowest BCUT2D eigenvalue weighted by atomic mass is 10.2.